The van der Waals surface area contributed by atoms with Crippen LogP contribution in [0.15, 0.2) is 138 Å². The predicted octanol–water partition coefficient (Wildman–Crippen LogP) is 9.10. The highest BCUT2D eigenvalue weighted by Gasteiger charge is 2.18. The van der Waals surface area contributed by atoms with Crippen molar-refractivity contribution in [2.45, 2.75) is 0 Å². The molecule has 5 aromatic carbocycles. The van der Waals surface area contributed by atoms with Gasteiger partial charge in [0, 0.05) is 21.9 Å². The molecule has 6 rings (SSSR count). The fourth-order valence-corrected chi connectivity index (χ4v) is 4.50. The van der Waals surface area contributed by atoms with E-state index < -0.39 is 0 Å². The van der Waals surface area contributed by atoms with Crippen LogP contribution < -0.4 is 0 Å². The van der Waals surface area contributed by atoms with Gasteiger partial charge in [0.05, 0.1) is 0 Å². The second kappa shape index (κ2) is 8.29. The number of hydrogen-bond donors (Lipinski definition) is 0. The molecule has 0 fully saturated rings. The third kappa shape index (κ3) is 3.54. The van der Waals surface area contributed by atoms with Crippen molar-refractivity contribution in [3.8, 4) is 44.9 Å². The lowest BCUT2D eigenvalue weighted by Gasteiger charge is -2.08. The van der Waals surface area contributed by atoms with Gasteiger partial charge in [-0.15, -0.1) is 0 Å². The zero-order valence-electron chi connectivity index (χ0n) is 18.1. The van der Waals surface area contributed by atoms with E-state index in [0.717, 1.165) is 33.4 Å². The lowest BCUT2D eigenvalue weighted by atomic mass is 9.96. The topological polar surface area (TPSA) is 13.1 Å². The molecule has 1 nitrogen and oxygen atoms in total. The molecule has 0 radical (unpaired) electrons. The summed E-state index contributed by atoms with van der Waals surface area (Å²) < 4.78 is 6.65. The van der Waals surface area contributed by atoms with Crippen molar-refractivity contribution in [2.75, 3.05) is 0 Å². The fraction of sp³-hybridized carbons (Fsp3) is 0. The van der Waals surface area contributed by atoms with Gasteiger partial charge in [0.25, 0.3) is 0 Å². The van der Waals surface area contributed by atoms with E-state index in [1.165, 1.54) is 22.3 Å². The van der Waals surface area contributed by atoms with Crippen molar-refractivity contribution < 1.29 is 4.42 Å². The number of furan rings is 1. The molecule has 0 saturated heterocycles. The van der Waals surface area contributed by atoms with E-state index in [-0.39, 0.29) is 0 Å². The molecule has 0 aliphatic heterocycles. The van der Waals surface area contributed by atoms with Crippen LogP contribution in [0, 0.1) is 0 Å². The highest BCUT2D eigenvalue weighted by atomic mass is 16.3. The van der Waals surface area contributed by atoms with E-state index in [1.807, 2.05) is 12.1 Å². The summed E-state index contributed by atoms with van der Waals surface area (Å²) in [6, 6.07) is 46.5. The number of benzene rings is 5. The van der Waals surface area contributed by atoms with E-state index in [0.29, 0.717) is 0 Å². The molecule has 1 aromatic heterocycles. The summed E-state index contributed by atoms with van der Waals surface area (Å²) in [5.41, 5.74) is 6.95. The minimum absolute atomic E-state index is 0.906. The summed E-state index contributed by atoms with van der Waals surface area (Å²) in [5, 5.41) is 2.26. The Labute approximate surface area is 193 Å². The largest absolute Gasteiger partial charge is 0.455 e. The summed E-state index contributed by atoms with van der Waals surface area (Å²) in [6.45, 7) is 0. The Morgan fingerprint density at radius 3 is 1.42 bits per heavy atom. The first-order chi connectivity index (χ1) is 16.4. The molecule has 0 amide bonds. The van der Waals surface area contributed by atoms with Crippen molar-refractivity contribution >= 4 is 10.8 Å². The Kier molecular flexibility index (Phi) is 4.86. The molecular weight excluding hydrogens is 400 g/mol. The van der Waals surface area contributed by atoms with Gasteiger partial charge in [0.1, 0.15) is 11.5 Å². The molecule has 0 spiro atoms. The van der Waals surface area contributed by atoms with Crippen LogP contribution in [0.3, 0.4) is 0 Å². The first kappa shape index (κ1) is 19.3. The second-order valence-electron chi connectivity index (χ2n) is 8.16. The first-order valence-electron chi connectivity index (χ1n) is 11.2. The summed E-state index contributed by atoms with van der Waals surface area (Å²) in [6.07, 6.45) is 0. The SMILES string of the molecule is c1ccc(-c2ccc(-c3oc(-c4ccccc4-c4ccccc4)c4ccccc34)cc2)cc1. The van der Waals surface area contributed by atoms with E-state index in [4.69, 9.17) is 4.42 Å². The molecule has 0 bridgehead atoms. The van der Waals surface area contributed by atoms with Crippen LogP contribution in [0.5, 0.6) is 0 Å². The number of rotatable bonds is 4. The number of hydrogen-bond acceptors (Lipinski definition) is 1. The van der Waals surface area contributed by atoms with Gasteiger partial charge >= 0.3 is 0 Å². The molecule has 0 N–H and O–H groups in total. The van der Waals surface area contributed by atoms with Crippen LogP contribution in [0.1, 0.15) is 0 Å². The van der Waals surface area contributed by atoms with Crippen LogP contribution in [-0.2, 0) is 0 Å². The van der Waals surface area contributed by atoms with Gasteiger partial charge in [-0.25, -0.2) is 0 Å². The average Bonchev–Trinajstić information content (AvgIpc) is 3.29. The van der Waals surface area contributed by atoms with Gasteiger partial charge in [-0.05, 0) is 22.3 Å². The van der Waals surface area contributed by atoms with Crippen LogP contribution in [0.4, 0.5) is 0 Å². The Morgan fingerprint density at radius 2 is 0.758 bits per heavy atom. The van der Waals surface area contributed by atoms with Crippen LogP contribution in [0.25, 0.3) is 55.7 Å². The maximum Gasteiger partial charge on any atom is 0.143 e. The molecule has 1 heteroatoms. The molecule has 0 aliphatic rings. The Hall–Kier alpha value is -4.36. The van der Waals surface area contributed by atoms with Crippen molar-refractivity contribution in [3.05, 3.63) is 133 Å². The van der Waals surface area contributed by atoms with Crippen molar-refractivity contribution in [3.63, 3.8) is 0 Å². The third-order valence-corrected chi connectivity index (χ3v) is 6.13. The molecule has 6 aromatic rings. The molecule has 156 valence electrons. The summed E-state index contributed by atoms with van der Waals surface area (Å²) in [7, 11) is 0. The van der Waals surface area contributed by atoms with Crippen LogP contribution in [-0.4, -0.2) is 0 Å². The van der Waals surface area contributed by atoms with Crippen molar-refractivity contribution in [2.24, 2.45) is 0 Å². The summed E-state index contributed by atoms with van der Waals surface area (Å²) >= 11 is 0. The van der Waals surface area contributed by atoms with Gasteiger partial charge < -0.3 is 4.42 Å². The molecule has 1 heterocycles. The maximum absolute atomic E-state index is 6.65. The van der Waals surface area contributed by atoms with Crippen LogP contribution in [0.2, 0.25) is 0 Å². The molecule has 0 saturated carbocycles. The molecule has 0 unspecified atom stereocenters. The summed E-state index contributed by atoms with van der Waals surface area (Å²) in [4.78, 5) is 0. The zero-order chi connectivity index (χ0) is 22.0. The minimum atomic E-state index is 0.906. The van der Waals surface area contributed by atoms with E-state index in [2.05, 4.69) is 121 Å². The first-order valence-corrected chi connectivity index (χ1v) is 11.2. The second-order valence-corrected chi connectivity index (χ2v) is 8.16. The highest BCUT2D eigenvalue weighted by molar-refractivity contribution is 6.04. The van der Waals surface area contributed by atoms with Crippen molar-refractivity contribution in [1.82, 2.24) is 0 Å². The monoisotopic (exact) mass is 422 g/mol. The quantitative estimate of drug-likeness (QED) is 0.276. The van der Waals surface area contributed by atoms with Gasteiger partial charge in [-0.3, -0.25) is 0 Å². The molecule has 33 heavy (non-hydrogen) atoms. The van der Waals surface area contributed by atoms with Gasteiger partial charge in [-0.2, -0.15) is 0 Å². The van der Waals surface area contributed by atoms with Crippen LogP contribution >= 0.6 is 0 Å². The highest BCUT2D eigenvalue weighted by Crippen LogP contribution is 2.42. The standard InChI is InChI=1S/C32H22O/c1-3-11-23(12-4-1)24-19-21-26(22-20-24)31-29-17-9-10-18-30(29)32(33-31)28-16-8-7-15-27(28)25-13-5-2-6-14-25/h1-22H. The number of fused-ring (bicyclic) bond motifs is 1. The van der Waals surface area contributed by atoms with E-state index in [9.17, 15) is 0 Å². The van der Waals surface area contributed by atoms with Gasteiger partial charge in [0.15, 0.2) is 0 Å². The normalized spacial score (nSPS) is 11.0. The van der Waals surface area contributed by atoms with Crippen molar-refractivity contribution in [1.29, 1.82) is 0 Å². The van der Waals surface area contributed by atoms with Gasteiger partial charge in [0.2, 0.25) is 0 Å². The average molecular weight is 423 g/mol. The van der Waals surface area contributed by atoms with Gasteiger partial charge in [-0.1, -0.05) is 133 Å². The Bertz CT molecular complexity index is 1520. The maximum atomic E-state index is 6.65. The fourth-order valence-electron chi connectivity index (χ4n) is 4.50. The third-order valence-electron chi connectivity index (χ3n) is 6.13. The van der Waals surface area contributed by atoms with E-state index in [1.54, 1.807) is 0 Å². The minimum Gasteiger partial charge on any atom is -0.455 e. The molecule has 0 aliphatic carbocycles. The Balaban J connectivity index is 1.50. The molecular formula is C32H22O. The smallest absolute Gasteiger partial charge is 0.143 e. The summed E-state index contributed by atoms with van der Waals surface area (Å²) in [5.74, 6) is 1.82. The lowest BCUT2D eigenvalue weighted by molar-refractivity contribution is 0.602. The lowest BCUT2D eigenvalue weighted by Crippen LogP contribution is -1.83. The predicted molar refractivity (Wildman–Crippen MR) is 138 cm³/mol. The Morgan fingerprint density at radius 1 is 0.303 bits per heavy atom. The zero-order valence-corrected chi connectivity index (χ0v) is 18.1. The van der Waals surface area contributed by atoms with E-state index >= 15 is 0 Å². The molecule has 0 atom stereocenters.